The van der Waals surface area contributed by atoms with Crippen LogP contribution in [0, 0.1) is 0 Å². The molecule has 0 unspecified atom stereocenters. The fourth-order valence-electron chi connectivity index (χ4n) is 3.49. The van der Waals surface area contributed by atoms with E-state index >= 15 is 0 Å². The minimum Gasteiger partial charge on any atom is -0.384 e. The average Bonchev–Trinajstić information content (AvgIpc) is 3.34. The number of carbonyl (C=O) groups excluding carboxylic acids is 2. The molecule has 0 saturated carbocycles. The summed E-state index contributed by atoms with van der Waals surface area (Å²) in [5.41, 5.74) is 5.11. The predicted molar refractivity (Wildman–Crippen MR) is 123 cm³/mol. The molecule has 158 valence electrons. The molecule has 1 aliphatic rings. The van der Waals surface area contributed by atoms with Gasteiger partial charge in [-0.25, -0.2) is 4.98 Å². The molecule has 0 spiro atoms. The molecule has 7 heteroatoms. The van der Waals surface area contributed by atoms with Gasteiger partial charge in [-0.05, 0) is 18.1 Å². The van der Waals surface area contributed by atoms with E-state index in [9.17, 15) is 9.59 Å². The monoisotopic (exact) mass is 433 g/mol. The summed E-state index contributed by atoms with van der Waals surface area (Å²) in [6.07, 6.45) is 1.04. The highest BCUT2D eigenvalue weighted by molar-refractivity contribution is 7.14. The SMILES string of the molecule is C=C1c2ccccc2C(=O)N1CCC(=O)Nc1nc(-c2ccc(CCOC)cc2)cs1. The topological polar surface area (TPSA) is 71.5 Å². The molecule has 1 aliphatic heterocycles. The zero-order chi connectivity index (χ0) is 21.8. The molecule has 3 aromatic rings. The lowest BCUT2D eigenvalue weighted by atomic mass is 10.1. The Labute approximate surface area is 185 Å². The van der Waals surface area contributed by atoms with Crippen LogP contribution >= 0.6 is 11.3 Å². The van der Waals surface area contributed by atoms with Crippen molar-refractivity contribution in [1.82, 2.24) is 9.88 Å². The summed E-state index contributed by atoms with van der Waals surface area (Å²) in [7, 11) is 1.69. The van der Waals surface area contributed by atoms with Crippen LogP contribution in [0.2, 0.25) is 0 Å². The number of anilines is 1. The van der Waals surface area contributed by atoms with Gasteiger partial charge in [0.25, 0.3) is 5.91 Å². The summed E-state index contributed by atoms with van der Waals surface area (Å²) < 4.78 is 5.10. The third kappa shape index (κ3) is 4.57. The third-order valence-corrected chi connectivity index (χ3v) is 5.95. The maximum absolute atomic E-state index is 12.5. The van der Waals surface area contributed by atoms with Crippen molar-refractivity contribution >= 4 is 34.0 Å². The Morgan fingerprint density at radius 3 is 2.61 bits per heavy atom. The number of nitrogens with one attached hydrogen (secondary N) is 1. The summed E-state index contributed by atoms with van der Waals surface area (Å²) in [5.74, 6) is -0.300. The molecule has 1 aromatic heterocycles. The summed E-state index contributed by atoms with van der Waals surface area (Å²) in [6, 6.07) is 15.5. The van der Waals surface area contributed by atoms with Gasteiger partial charge in [-0.3, -0.25) is 9.59 Å². The molecule has 4 rings (SSSR count). The number of benzene rings is 2. The van der Waals surface area contributed by atoms with E-state index in [1.807, 2.05) is 35.7 Å². The number of hydrogen-bond donors (Lipinski definition) is 1. The predicted octanol–water partition coefficient (Wildman–Crippen LogP) is 4.45. The second-order valence-electron chi connectivity index (χ2n) is 7.22. The first-order chi connectivity index (χ1) is 15.1. The highest BCUT2D eigenvalue weighted by Crippen LogP contribution is 2.31. The fraction of sp³-hybridized carbons (Fsp3) is 0.208. The molecular weight excluding hydrogens is 410 g/mol. The first-order valence-electron chi connectivity index (χ1n) is 10.0. The van der Waals surface area contributed by atoms with Gasteiger partial charge in [-0.15, -0.1) is 11.3 Å². The van der Waals surface area contributed by atoms with Gasteiger partial charge in [0, 0.05) is 47.8 Å². The van der Waals surface area contributed by atoms with E-state index < -0.39 is 0 Å². The normalized spacial score (nSPS) is 12.9. The van der Waals surface area contributed by atoms with Crippen molar-refractivity contribution in [3.8, 4) is 11.3 Å². The Hall–Kier alpha value is -3.29. The largest absolute Gasteiger partial charge is 0.384 e. The second kappa shape index (κ2) is 9.24. The summed E-state index contributed by atoms with van der Waals surface area (Å²) >= 11 is 1.38. The van der Waals surface area contributed by atoms with Crippen LogP contribution in [0.25, 0.3) is 17.0 Å². The molecule has 0 aliphatic carbocycles. The van der Waals surface area contributed by atoms with E-state index in [1.165, 1.54) is 16.9 Å². The number of rotatable bonds is 8. The molecule has 0 bridgehead atoms. The van der Waals surface area contributed by atoms with Crippen LogP contribution in [0.5, 0.6) is 0 Å². The van der Waals surface area contributed by atoms with Crippen molar-refractivity contribution in [2.75, 3.05) is 25.6 Å². The van der Waals surface area contributed by atoms with Crippen molar-refractivity contribution in [3.05, 3.63) is 77.2 Å². The van der Waals surface area contributed by atoms with E-state index in [0.29, 0.717) is 23.0 Å². The Bertz CT molecular complexity index is 1090. The van der Waals surface area contributed by atoms with Crippen molar-refractivity contribution in [1.29, 1.82) is 0 Å². The molecule has 0 fully saturated rings. The van der Waals surface area contributed by atoms with Gasteiger partial charge in [-0.2, -0.15) is 0 Å². The number of ether oxygens (including phenoxy) is 1. The zero-order valence-corrected chi connectivity index (χ0v) is 18.1. The molecule has 31 heavy (non-hydrogen) atoms. The number of fused-ring (bicyclic) bond motifs is 1. The Kier molecular flexibility index (Phi) is 6.25. The fourth-order valence-corrected chi connectivity index (χ4v) is 4.23. The van der Waals surface area contributed by atoms with Crippen molar-refractivity contribution < 1.29 is 14.3 Å². The van der Waals surface area contributed by atoms with E-state index in [0.717, 1.165) is 23.2 Å². The maximum Gasteiger partial charge on any atom is 0.258 e. The minimum atomic E-state index is -0.188. The summed E-state index contributed by atoms with van der Waals surface area (Å²) in [6.45, 7) is 4.97. The van der Waals surface area contributed by atoms with Gasteiger partial charge in [0.2, 0.25) is 5.91 Å². The van der Waals surface area contributed by atoms with Crippen LogP contribution in [0.4, 0.5) is 5.13 Å². The van der Waals surface area contributed by atoms with E-state index in [2.05, 4.69) is 29.0 Å². The molecule has 1 N–H and O–H groups in total. The Balaban J connectivity index is 1.32. The quantitative estimate of drug-likeness (QED) is 0.570. The number of amides is 2. The molecule has 2 heterocycles. The first-order valence-corrected chi connectivity index (χ1v) is 10.9. The van der Waals surface area contributed by atoms with Gasteiger partial charge in [0.05, 0.1) is 12.3 Å². The molecule has 2 amide bonds. The number of carbonyl (C=O) groups is 2. The van der Waals surface area contributed by atoms with Crippen LogP contribution in [0.15, 0.2) is 60.5 Å². The van der Waals surface area contributed by atoms with Gasteiger partial charge in [0.1, 0.15) is 0 Å². The van der Waals surface area contributed by atoms with Crippen molar-refractivity contribution in [2.24, 2.45) is 0 Å². The average molecular weight is 434 g/mol. The lowest BCUT2D eigenvalue weighted by Gasteiger charge is -2.16. The van der Waals surface area contributed by atoms with Crippen LogP contribution in [-0.4, -0.2) is 42.0 Å². The van der Waals surface area contributed by atoms with E-state index in [-0.39, 0.29) is 24.8 Å². The van der Waals surface area contributed by atoms with E-state index in [4.69, 9.17) is 4.74 Å². The number of nitrogens with zero attached hydrogens (tertiary/aromatic N) is 2. The van der Waals surface area contributed by atoms with Crippen molar-refractivity contribution in [2.45, 2.75) is 12.8 Å². The minimum absolute atomic E-state index is 0.112. The standard InChI is InChI=1S/C24H23N3O3S/c1-16-19-5-3-4-6-20(19)23(29)27(16)13-11-22(28)26-24-25-21(15-31-24)18-9-7-17(8-10-18)12-14-30-2/h3-10,15H,1,11-14H2,2H3,(H,25,26,28). The van der Waals surface area contributed by atoms with E-state index in [1.54, 1.807) is 18.1 Å². The lowest BCUT2D eigenvalue weighted by Crippen LogP contribution is -2.27. The number of hydrogen-bond acceptors (Lipinski definition) is 5. The summed E-state index contributed by atoms with van der Waals surface area (Å²) in [5, 5.41) is 5.29. The number of aromatic nitrogens is 1. The molecule has 0 radical (unpaired) electrons. The first kappa shape index (κ1) is 21.0. The smallest absolute Gasteiger partial charge is 0.258 e. The second-order valence-corrected chi connectivity index (χ2v) is 8.08. The highest BCUT2D eigenvalue weighted by Gasteiger charge is 2.30. The molecule has 0 saturated heterocycles. The molecule has 2 aromatic carbocycles. The van der Waals surface area contributed by atoms with Crippen LogP contribution in [-0.2, 0) is 16.0 Å². The lowest BCUT2D eigenvalue weighted by molar-refractivity contribution is -0.116. The third-order valence-electron chi connectivity index (χ3n) is 5.20. The van der Waals surface area contributed by atoms with Gasteiger partial charge >= 0.3 is 0 Å². The maximum atomic E-state index is 12.5. The Morgan fingerprint density at radius 1 is 1.16 bits per heavy atom. The van der Waals surface area contributed by atoms with Gasteiger partial charge in [0.15, 0.2) is 5.13 Å². The van der Waals surface area contributed by atoms with Crippen LogP contribution in [0.1, 0.15) is 27.9 Å². The number of methoxy groups -OCH3 is 1. The van der Waals surface area contributed by atoms with Gasteiger partial charge < -0.3 is 15.0 Å². The molecule has 6 nitrogen and oxygen atoms in total. The molecular formula is C24H23N3O3S. The Morgan fingerprint density at radius 2 is 1.90 bits per heavy atom. The van der Waals surface area contributed by atoms with Crippen LogP contribution in [0.3, 0.4) is 0 Å². The number of thiazole rings is 1. The van der Waals surface area contributed by atoms with Gasteiger partial charge in [-0.1, -0.05) is 49.0 Å². The van der Waals surface area contributed by atoms with Crippen molar-refractivity contribution in [3.63, 3.8) is 0 Å². The zero-order valence-electron chi connectivity index (χ0n) is 17.3. The summed E-state index contributed by atoms with van der Waals surface area (Å²) in [4.78, 5) is 31.0. The highest BCUT2D eigenvalue weighted by atomic mass is 32.1. The molecule has 0 atom stereocenters. The van der Waals surface area contributed by atoms with Crippen LogP contribution < -0.4 is 5.32 Å².